The van der Waals surface area contributed by atoms with Crippen LogP contribution in [0.25, 0.3) is 0 Å². The molecule has 0 heterocycles. The lowest BCUT2D eigenvalue weighted by Crippen LogP contribution is -2.28. The van der Waals surface area contributed by atoms with Gasteiger partial charge in [-0.05, 0) is 59.8 Å². The molecular weight excluding hydrogens is 312 g/mol. The largest absolute Gasteiger partial charge is 0.393 e. The predicted molar refractivity (Wildman–Crippen MR) is 81.9 cm³/mol. The number of aliphatic hydroxyl groups is 1. The second-order valence-electron chi connectivity index (χ2n) is 4.71. The van der Waals surface area contributed by atoms with Crippen LogP contribution in [0.1, 0.15) is 31.2 Å². The Hall–Kier alpha value is -0.650. The molecule has 0 atom stereocenters. The third-order valence-corrected chi connectivity index (χ3v) is 4.20. The van der Waals surface area contributed by atoms with E-state index >= 15 is 0 Å². The van der Waals surface area contributed by atoms with Crippen molar-refractivity contribution < 1.29 is 5.11 Å². The molecule has 0 saturated heterocycles. The van der Waals surface area contributed by atoms with E-state index in [0.717, 1.165) is 41.4 Å². The summed E-state index contributed by atoms with van der Waals surface area (Å²) in [6.07, 6.45) is 3.64. The van der Waals surface area contributed by atoms with Gasteiger partial charge >= 0.3 is 0 Å². The molecule has 1 aliphatic carbocycles. The maximum Gasteiger partial charge on any atom is 0.104 e. The Bertz CT molecular complexity index is 445. The molecule has 1 aromatic carbocycles. The number of nitrogens with one attached hydrogen (secondary N) is 1. The van der Waals surface area contributed by atoms with Crippen molar-refractivity contribution in [1.82, 2.24) is 0 Å². The van der Waals surface area contributed by atoms with Gasteiger partial charge in [0.1, 0.15) is 4.99 Å². The number of hydrogen-bond acceptors (Lipinski definition) is 3. The van der Waals surface area contributed by atoms with Crippen LogP contribution in [0, 0.1) is 0 Å². The highest BCUT2D eigenvalue weighted by atomic mass is 79.9. The van der Waals surface area contributed by atoms with E-state index in [9.17, 15) is 5.11 Å². The minimum atomic E-state index is -0.122. The SMILES string of the molecule is NC(=S)c1ccc(NC2CCC(O)CC2)c(Br)c1. The molecule has 3 nitrogen and oxygen atoms in total. The van der Waals surface area contributed by atoms with Gasteiger partial charge in [-0.25, -0.2) is 0 Å². The number of hydrogen-bond donors (Lipinski definition) is 3. The van der Waals surface area contributed by atoms with Gasteiger partial charge in [0.05, 0.1) is 6.10 Å². The van der Waals surface area contributed by atoms with E-state index in [1.54, 1.807) is 0 Å². The van der Waals surface area contributed by atoms with Crippen LogP contribution in [-0.2, 0) is 0 Å². The molecule has 1 aromatic rings. The van der Waals surface area contributed by atoms with Crippen molar-refractivity contribution in [3.63, 3.8) is 0 Å². The highest BCUT2D eigenvalue weighted by molar-refractivity contribution is 9.10. The third kappa shape index (κ3) is 3.43. The Morgan fingerprint density at radius 3 is 2.56 bits per heavy atom. The first-order valence-electron chi connectivity index (χ1n) is 6.10. The fourth-order valence-electron chi connectivity index (χ4n) is 2.23. The monoisotopic (exact) mass is 328 g/mol. The number of halogens is 1. The second kappa shape index (κ2) is 5.99. The van der Waals surface area contributed by atoms with E-state index in [0.29, 0.717) is 11.0 Å². The molecule has 5 heteroatoms. The van der Waals surface area contributed by atoms with Gasteiger partial charge in [0.25, 0.3) is 0 Å². The van der Waals surface area contributed by atoms with Gasteiger partial charge in [-0.1, -0.05) is 12.2 Å². The zero-order chi connectivity index (χ0) is 13.1. The minimum absolute atomic E-state index is 0.122. The van der Waals surface area contributed by atoms with Crippen LogP contribution in [0.4, 0.5) is 5.69 Å². The Labute approximate surface area is 121 Å². The van der Waals surface area contributed by atoms with Crippen molar-refractivity contribution in [1.29, 1.82) is 0 Å². The number of anilines is 1. The molecule has 0 unspecified atom stereocenters. The molecule has 0 amide bonds. The van der Waals surface area contributed by atoms with Crippen LogP contribution in [0.3, 0.4) is 0 Å². The fraction of sp³-hybridized carbons (Fsp3) is 0.462. The highest BCUT2D eigenvalue weighted by Gasteiger charge is 2.19. The van der Waals surface area contributed by atoms with Crippen molar-refractivity contribution in [2.45, 2.75) is 37.8 Å². The van der Waals surface area contributed by atoms with Crippen LogP contribution >= 0.6 is 28.1 Å². The Morgan fingerprint density at radius 2 is 2.00 bits per heavy atom. The van der Waals surface area contributed by atoms with Crippen molar-refractivity contribution in [3.8, 4) is 0 Å². The number of thiocarbonyl (C=S) groups is 1. The van der Waals surface area contributed by atoms with E-state index in [1.165, 1.54) is 0 Å². The normalized spacial score (nSPS) is 23.7. The summed E-state index contributed by atoms with van der Waals surface area (Å²) in [4.78, 5) is 0.406. The molecule has 0 radical (unpaired) electrons. The molecule has 0 aliphatic heterocycles. The standard InChI is InChI=1S/C13H17BrN2OS/c14-11-7-8(13(15)18)1-6-12(11)16-9-2-4-10(17)5-3-9/h1,6-7,9-10,16-17H,2-5H2,(H2,15,18). The minimum Gasteiger partial charge on any atom is -0.393 e. The average molecular weight is 329 g/mol. The zero-order valence-electron chi connectivity index (χ0n) is 10.0. The summed E-state index contributed by atoms with van der Waals surface area (Å²) in [5, 5.41) is 13.0. The lowest BCUT2D eigenvalue weighted by Gasteiger charge is -2.27. The van der Waals surface area contributed by atoms with Crippen molar-refractivity contribution in [2.75, 3.05) is 5.32 Å². The first kappa shape index (κ1) is 13.8. The summed E-state index contributed by atoms with van der Waals surface area (Å²) in [6.45, 7) is 0. The van der Waals surface area contributed by atoms with Crippen LogP contribution in [0.2, 0.25) is 0 Å². The van der Waals surface area contributed by atoms with Gasteiger partial charge in [-0.15, -0.1) is 0 Å². The van der Waals surface area contributed by atoms with Gasteiger partial charge in [0, 0.05) is 21.8 Å². The lowest BCUT2D eigenvalue weighted by atomic mass is 9.93. The molecule has 1 aliphatic rings. The highest BCUT2D eigenvalue weighted by Crippen LogP contribution is 2.28. The number of benzene rings is 1. The first-order valence-corrected chi connectivity index (χ1v) is 7.30. The number of aliphatic hydroxyl groups excluding tert-OH is 1. The van der Waals surface area contributed by atoms with Crippen LogP contribution < -0.4 is 11.1 Å². The van der Waals surface area contributed by atoms with E-state index in [2.05, 4.69) is 21.2 Å². The maximum absolute atomic E-state index is 9.48. The van der Waals surface area contributed by atoms with E-state index in [1.807, 2.05) is 18.2 Å². The van der Waals surface area contributed by atoms with Gasteiger partial charge in [0.2, 0.25) is 0 Å². The molecule has 0 bridgehead atoms. The quantitative estimate of drug-likeness (QED) is 0.747. The van der Waals surface area contributed by atoms with Crippen molar-refractivity contribution in [2.24, 2.45) is 5.73 Å². The van der Waals surface area contributed by atoms with Gasteiger partial charge < -0.3 is 16.2 Å². The van der Waals surface area contributed by atoms with Crippen molar-refractivity contribution >= 4 is 38.8 Å². The third-order valence-electron chi connectivity index (χ3n) is 3.31. The van der Waals surface area contributed by atoms with E-state index in [-0.39, 0.29) is 6.10 Å². The molecule has 0 spiro atoms. The molecule has 98 valence electrons. The van der Waals surface area contributed by atoms with Gasteiger partial charge in [-0.2, -0.15) is 0 Å². The van der Waals surface area contributed by atoms with Crippen LogP contribution in [0.15, 0.2) is 22.7 Å². The summed E-state index contributed by atoms with van der Waals surface area (Å²) in [7, 11) is 0. The average Bonchev–Trinajstić information content (AvgIpc) is 2.34. The van der Waals surface area contributed by atoms with Gasteiger partial charge in [-0.3, -0.25) is 0 Å². The molecule has 2 rings (SSSR count). The van der Waals surface area contributed by atoms with Crippen molar-refractivity contribution in [3.05, 3.63) is 28.2 Å². The fourth-order valence-corrected chi connectivity index (χ4v) is 2.85. The molecule has 4 N–H and O–H groups in total. The molecule has 0 aromatic heterocycles. The Balaban J connectivity index is 2.03. The first-order chi connectivity index (χ1) is 8.56. The summed E-state index contributed by atoms with van der Waals surface area (Å²) in [5.74, 6) is 0. The van der Waals surface area contributed by atoms with E-state index < -0.39 is 0 Å². The molecule has 1 fully saturated rings. The molecule has 1 saturated carbocycles. The van der Waals surface area contributed by atoms with E-state index in [4.69, 9.17) is 18.0 Å². The predicted octanol–water partition coefficient (Wildman–Crippen LogP) is 2.80. The summed E-state index contributed by atoms with van der Waals surface area (Å²) >= 11 is 8.48. The maximum atomic E-state index is 9.48. The Kier molecular flexibility index (Phi) is 4.59. The smallest absolute Gasteiger partial charge is 0.104 e. The lowest BCUT2D eigenvalue weighted by molar-refractivity contribution is 0.126. The Morgan fingerprint density at radius 1 is 1.33 bits per heavy atom. The van der Waals surface area contributed by atoms with Gasteiger partial charge in [0.15, 0.2) is 0 Å². The zero-order valence-corrected chi connectivity index (χ0v) is 12.4. The number of nitrogens with two attached hydrogens (primary N) is 1. The summed E-state index contributed by atoms with van der Waals surface area (Å²) in [6, 6.07) is 6.28. The topological polar surface area (TPSA) is 58.3 Å². The van der Waals surface area contributed by atoms with Crippen LogP contribution in [-0.4, -0.2) is 22.2 Å². The molecule has 18 heavy (non-hydrogen) atoms. The summed E-state index contributed by atoms with van der Waals surface area (Å²) < 4.78 is 0.971. The molecular formula is C13H17BrN2OS. The number of rotatable bonds is 3. The van der Waals surface area contributed by atoms with Crippen LogP contribution in [0.5, 0.6) is 0 Å². The summed E-state index contributed by atoms with van der Waals surface area (Å²) in [5.41, 5.74) is 7.51. The second-order valence-corrected chi connectivity index (χ2v) is 6.00.